The summed E-state index contributed by atoms with van der Waals surface area (Å²) in [4.78, 5) is 33.6. The fourth-order valence-corrected chi connectivity index (χ4v) is 3.90. The minimum absolute atomic E-state index is 0.0110. The predicted octanol–water partition coefficient (Wildman–Crippen LogP) is 2.78. The van der Waals surface area contributed by atoms with Crippen molar-refractivity contribution in [2.45, 2.75) is 25.8 Å². The smallest absolute Gasteiger partial charge is 0.291 e. The van der Waals surface area contributed by atoms with Crippen LogP contribution in [0.2, 0.25) is 0 Å². The van der Waals surface area contributed by atoms with E-state index in [0.717, 1.165) is 23.1 Å². The summed E-state index contributed by atoms with van der Waals surface area (Å²) in [5, 5.41) is 6.39. The highest BCUT2D eigenvalue weighted by molar-refractivity contribution is 5.95. The Kier molecular flexibility index (Phi) is 5.88. The Morgan fingerprint density at radius 1 is 1.07 bits per heavy atom. The maximum atomic E-state index is 13.2. The lowest BCUT2D eigenvalue weighted by atomic mass is 9.98. The van der Waals surface area contributed by atoms with Gasteiger partial charge in [0.15, 0.2) is 0 Å². The summed E-state index contributed by atoms with van der Waals surface area (Å²) in [6, 6.07) is 17.8. The molecule has 3 aromatic rings. The summed E-state index contributed by atoms with van der Waals surface area (Å²) in [5.41, 5.74) is 3.28. The van der Waals surface area contributed by atoms with Gasteiger partial charge >= 0.3 is 0 Å². The number of carbonyl (C=O) groups is 2. The van der Waals surface area contributed by atoms with E-state index in [-0.39, 0.29) is 17.6 Å². The van der Waals surface area contributed by atoms with Crippen LogP contribution in [0.5, 0.6) is 0 Å². The van der Waals surface area contributed by atoms with Crippen LogP contribution in [0.3, 0.4) is 0 Å². The Morgan fingerprint density at radius 2 is 1.80 bits per heavy atom. The van der Waals surface area contributed by atoms with Crippen LogP contribution in [0.1, 0.15) is 29.5 Å². The molecule has 2 amide bonds. The van der Waals surface area contributed by atoms with Crippen molar-refractivity contribution < 1.29 is 9.59 Å². The molecule has 2 aromatic carbocycles. The molecule has 0 spiro atoms. The summed E-state index contributed by atoms with van der Waals surface area (Å²) >= 11 is 0. The van der Waals surface area contributed by atoms with Gasteiger partial charge in [0.2, 0.25) is 11.7 Å². The van der Waals surface area contributed by atoms with Gasteiger partial charge in [-0.1, -0.05) is 61.5 Å². The molecule has 1 aliphatic rings. The summed E-state index contributed by atoms with van der Waals surface area (Å²) in [7, 11) is 0. The SMILES string of the molecule is CCCN1CCN(C(=O)c2ncn[nH]2)[C@H](Cc2ccc(-c3ccccc3)cc2)C1=O. The van der Waals surface area contributed by atoms with Crippen molar-refractivity contribution in [2.24, 2.45) is 0 Å². The number of amides is 2. The van der Waals surface area contributed by atoms with E-state index >= 15 is 0 Å². The minimum Gasteiger partial charge on any atom is -0.339 e. The molecule has 1 fully saturated rings. The number of benzene rings is 2. The van der Waals surface area contributed by atoms with E-state index in [9.17, 15) is 9.59 Å². The standard InChI is InChI=1S/C23H25N5O2/c1-2-12-27-13-14-28(23(30)21-24-16-25-26-21)20(22(27)29)15-17-8-10-19(11-9-17)18-6-4-3-5-7-18/h3-11,16,20H,2,12-15H2,1H3,(H,24,25,26)/t20-/m1/s1. The fourth-order valence-electron chi connectivity index (χ4n) is 3.90. The molecular formula is C23H25N5O2. The molecule has 1 aromatic heterocycles. The van der Waals surface area contributed by atoms with Gasteiger partial charge in [-0.15, -0.1) is 0 Å². The Labute approximate surface area is 175 Å². The Hall–Kier alpha value is -3.48. The summed E-state index contributed by atoms with van der Waals surface area (Å²) in [6.07, 6.45) is 2.66. The molecule has 2 heterocycles. The highest BCUT2D eigenvalue weighted by Crippen LogP contribution is 2.22. The van der Waals surface area contributed by atoms with Gasteiger partial charge in [0.1, 0.15) is 12.4 Å². The molecule has 0 saturated carbocycles. The quantitative estimate of drug-likeness (QED) is 0.686. The van der Waals surface area contributed by atoms with Crippen LogP contribution in [-0.2, 0) is 11.2 Å². The molecule has 7 nitrogen and oxygen atoms in total. The van der Waals surface area contributed by atoms with E-state index in [1.165, 1.54) is 6.33 Å². The molecule has 0 bridgehead atoms. The summed E-state index contributed by atoms with van der Waals surface area (Å²) < 4.78 is 0. The van der Waals surface area contributed by atoms with E-state index in [1.54, 1.807) is 4.90 Å². The van der Waals surface area contributed by atoms with E-state index in [0.29, 0.717) is 26.1 Å². The largest absolute Gasteiger partial charge is 0.339 e. The number of aromatic amines is 1. The lowest BCUT2D eigenvalue weighted by Gasteiger charge is -2.40. The first-order valence-electron chi connectivity index (χ1n) is 10.3. The second-order valence-corrected chi connectivity index (χ2v) is 7.44. The Balaban J connectivity index is 1.57. The van der Waals surface area contributed by atoms with Gasteiger partial charge < -0.3 is 9.80 Å². The first-order valence-corrected chi connectivity index (χ1v) is 10.3. The number of rotatable bonds is 6. The van der Waals surface area contributed by atoms with Crippen molar-refractivity contribution in [1.29, 1.82) is 0 Å². The first-order chi connectivity index (χ1) is 14.7. The lowest BCUT2D eigenvalue weighted by Crippen LogP contribution is -2.59. The zero-order valence-electron chi connectivity index (χ0n) is 17.0. The second-order valence-electron chi connectivity index (χ2n) is 7.44. The van der Waals surface area contributed by atoms with Crippen LogP contribution >= 0.6 is 0 Å². The molecular weight excluding hydrogens is 378 g/mol. The number of nitrogens with one attached hydrogen (secondary N) is 1. The Bertz CT molecular complexity index is 986. The third-order valence-electron chi connectivity index (χ3n) is 5.45. The van der Waals surface area contributed by atoms with Crippen molar-refractivity contribution in [2.75, 3.05) is 19.6 Å². The van der Waals surface area contributed by atoms with E-state index < -0.39 is 6.04 Å². The van der Waals surface area contributed by atoms with Gasteiger partial charge in [-0.3, -0.25) is 14.7 Å². The van der Waals surface area contributed by atoms with Crippen LogP contribution in [-0.4, -0.2) is 62.5 Å². The summed E-state index contributed by atoms with van der Waals surface area (Å²) in [6.45, 7) is 3.78. The molecule has 7 heteroatoms. The second kappa shape index (κ2) is 8.90. The van der Waals surface area contributed by atoms with E-state index in [4.69, 9.17) is 0 Å². The highest BCUT2D eigenvalue weighted by Gasteiger charge is 2.38. The number of hydrogen-bond donors (Lipinski definition) is 1. The van der Waals surface area contributed by atoms with Gasteiger partial charge in [0.05, 0.1) is 0 Å². The molecule has 1 aliphatic heterocycles. The van der Waals surface area contributed by atoms with E-state index in [1.807, 2.05) is 35.2 Å². The Morgan fingerprint density at radius 3 is 2.47 bits per heavy atom. The predicted molar refractivity (Wildman–Crippen MR) is 114 cm³/mol. The van der Waals surface area contributed by atoms with Crippen LogP contribution in [0.25, 0.3) is 11.1 Å². The molecule has 1 atom stereocenters. The molecule has 1 saturated heterocycles. The molecule has 154 valence electrons. The van der Waals surface area contributed by atoms with Crippen molar-refractivity contribution in [3.8, 4) is 11.1 Å². The molecule has 1 N–H and O–H groups in total. The molecule has 0 unspecified atom stereocenters. The van der Waals surface area contributed by atoms with Crippen LogP contribution < -0.4 is 0 Å². The average molecular weight is 403 g/mol. The minimum atomic E-state index is -0.550. The van der Waals surface area contributed by atoms with E-state index in [2.05, 4.69) is 46.4 Å². The van der Waals surface area contributed by atoms with Crippen LogP contribution in [0.4, 0.5) is 0 Å². The third-order valence-corrected chi connectivity index (χ3v) is 5.45. The maximum absolute atomic E-state index is 13.2. The number of hydrogen-bond acceptors (Lipinski definition) is 4. The number of nitrogens with zero attached hydrogens (tertiary/aromatic N) is 4. The van der Waals surface area contributed by atoms with Crippen molar-refractivity contribution in [1.82, 2.24) is 25.0 Å². The number of H-pyrrole nitrogens is 1. The van der Waals surface area contributed by atoms with Gasteiger partial charge in [0, 0.05) is 26.1 Å². The van der Waals surface area contributed by atoms with Gasteiger partial charge in [-0.2, -0.15) is 5.10 Å². The number of piperazine rings is 1. The third kappa shape index (κ3) is 4.10. The summed E-state index contributed by atoms with van der Waals surface area (Å²) in [5.74, 6) is -0.137. The first kappa shape index (κ1) is 19.8. The highest BCUT2D eigenvalue weighted by atomic mass is 16.2. The zero-order chi connectivity index (χ0) is 20.9. The van der Waals surface area contributed by atoms with Crippen molar-refractivity contribution in [3.05, 3.63) is 72.3 Å². The number of aromatic nitrogens is 3. The lowest BCUT2D eigenvalue weighted by molar-refractivity contribution is -0.140. The van der Waals surface area contributed by atoms with Crippen molar-refractivity contribution in [3.63, 3.8) is 0 Å². The fraction of sp³-hybridized carbons (Fsp3) is 0.304. The van der Waals surface area contributed by atoms with Gasteiger partial charge in [0.25, 0.3) is 5.91 Å². The topological polar surface area (TPSA) is 82.2 Å². The molecule has 0 radical (unpaired) electrons. The van der Waals surface area contributed by atoms with Gasteiger partial charge in [-0.25, -0.2) is 4.98 Å². The monoisotopic (exact) mass is 403 g/mol. The maximum Gasteiger partial charge on any atom is 0.291 e. The van der Waals surface area contributed by atoms with Gasteiger partial charge in [-0.05, 0) is 23.1 Å². The number of carbonyl (C=O) groups excluding carboxylic acids is 2. The molecule has 30 heavy (non-hydrogen) atoms. The van der Waals surface area contributed by atoms with Crippen molar-refractivity contribution >= 4 is 11.8 Å². The van der Waals surface area contributed by atoms with Crippen LogP contribution in [0.15, 0.2) is 60.9 Å². The normalized spacial score (nSPS) is 16.7. The van der Waals surface area contributed by atoms with Crippen LogP contribution in [0, 0.1) is 0 Å². The molecule has 4 rings (SSSR count). The molecule has 0 aliphatic carbocycles. The zero-order valence-corrected chi connectivity index (χ0v) is 17.0. The average Bonchev–Trinajstić information content (AvgIpc) is 3.32.